The summed E-state index contributed by atoms with van der Waals surface area (Å²) in [6, 6.07) is 4.83. The van der Waals surface area contributed by atoms with Crippen molar-refractivity contribution >= 4 is 16.9 Å². The van der Waals surface area contributed by atoms with Crippen LogP contribution in [0.1, 0.15) is 74.1 Å². The minimum absolute atomic E-state index is 0.0247. The average molecular weight is 509 g/mol. The van der Waals surface area contributed by atoms with Crippen molar-refractivity contribution in [3.8, 4) is 17.2 Å². The number of fused-ring (bicyclic) bond motifs is 1. The molecule has 0 saturated carbocycles. The van der Waals surface area contributed by atoms with Gasteiger partial charge in [-0.05, 0) is 91.5 Å². The van der Waals surface area contributed by atoms with Gasteiger partial charge in [0.05, 0.1) is 5.39 Å². The Bertz CT molecular complexity index is 1250. The van der Waals surface area contributed by atoms with Crippen LogP contribution in [0.15, 0.2) is 74.0 Å². The van der Waals surface area contributed by atoms with Crippen LogP contribution in [0.4, 0.5) is 0 Å². The molecule has 0 atom stereocenters. The fourth-order valence-electron chi connectivity index (χ4n) is 3.55. The maximum Gasteiger partial charge on any atom is 0.383 e. The van der Waals surface area contributed by atoms with E-state index >= 15 is 0 Å². The van der Waals surface area contributed by atoms with Crippen LogP contribution in [0.25, 0.3) is 11.0 Å². The molecule has 2 rings (SSSR count). The topological polar surface area (TPSA) is 75.0 Å². The summed E-state index contributed by atoms with van der Waals surface area (Å²) in [7, 11) is 0. The van der Waals surface area contributed by atoms with Crippen LogP contribution in [0.5, 0.6) is 17.2 Å². The first-order valence-corrected chi connectivity index (χ1v) is 12.7. The molecule has 1 aromatic heterocycles. The van der Waals surface area contributed by atoms with Crippen LogP contribution in [0.2, 0.25) is 0 Å². The minimum atomic E-state index is -0.651. The van der Waals surface area contributed by atoms with Gasteiger partial charge < -0.3 is 18.6 Å². The van der Waals surface area contributed by atoms with Gasteiger partial charge in [0.25, 0.3) is 0 Å². The lowest BCUT2D eigenvalue weighted by atomic mass is 10.1. The Morgan fingerprint density at radius 1 is 0.784 bits per heavy atom. The number of ether oxygens (including phenoxy) is 3. The number of allylic oxidation sites excluding steroid dienone is 6. The molecule has 0 saturated heterocycles. The molecule has 0 spiro atoms. The predicted octanol–water partition coefficient (Wildman–Crippen LogP) is 7.86. The molecule has 0 aliphatic rings. The number of carbonyl (C=O) groups is 1. The third kappa shape index (κ3) is 10.5. The van der Waals surface area contributed by atoms with Gasteiger partial charge in [-0.15, -0.1) is 0 Å². The second-order valence-corrected chi connectivity index (χ2v) is 9.66. The summed E-state index contributed by atoms with van der Waals surface area (Å²) in [5.41, 5.74) is 4.55. The molecular weight excluding hydrogens is 468 g/mol. The predicted molar refractivity (Wildman–Crippen MR) is 150 cm³/mol. The highest BCUT2D eigenvalue weighted by Gasteiger charge is 2.18. The van der Waals surface area contributed by atoms with Crippen LogP contribution in [-0.2, 0) is 4.79 Å². The summed E-state index contributed by atoms with van der Waals surface area (Å²) in [6.07, 6.45) is 12.1. The van der Waals surface area contributed by atoms with Gasteiger partial charge in [0, 0.05) is 13.0 Å². The van der Waals surface area contributed by atoms with E-state index in [1.165, 1.54) is 35.3 Å². The van der Waals surface area contributed by atoms with Crippen molar-refractivity contribution in [1.29, 1.82) is 0 Å². The van der Waals surface area contributed by atoms with E-state index in [4.69, 9.17) is 18.6 Å². The fraction of sp³-hybridized carbons (Fsp3) is 0.419. The van der Waals surface area contributed by atoms with Crippen molar-refractivity contribution in [1.82, 2.24) is 0 Å². The normalized spacial score (nSPS) is 11.8. The van der Waals surface area contributed by atoms with Gasteiger partial charge in [0.2, 0.25) is 5.75 Å². The molecule has 6 heteroatoms. The van der Waals surface area contributed by atoms with Crippen LogP contribution in [0, 0.1) is 0 Å². The number of carbonyl (C=O) groups excluding carboxylic acids is 1. The molecule has 0 amide bonds. The largest absolute Gasteiger partial charge is 0.485 e. The number of hydrogen-bond acceptors (Lipinski definition) is 6. The summed E-state index contributed by atoms with van der Waals surface area (Å²) in [4.78, 5) is 24.2. The van der Waals surface area contributed by atoms with Gasteiger partial charge in [0.15, 0.2) is 5.75 Å². The Labute approximate surface area is 220 Å². The molecule has 0 aliphatic heterocycles. The lowest BCUT2D eigenvalue weighted by molar-refractivity contribution is -0.131. The van der Waals surface area contributed by atoms with Gasteiger partial charge in [-0.25, -0.2) is 4.79 Å². The van der Waals surface area contributed by atoms with Crippen LogP contribution < -0.4 is 19.8 Å². The first kappa shape index (κ1) is 29.7. The van der Waals surface area contributed by atoms with Gasteiger partial charge in [-0.3, -0.25) is 4.79 Å². The second kappa shape index (κ2) is 14.9. The summed E-state index contributed by atoms with van der Waals surface area (Å²) >= 11 is 0. The molecule has 0 bridgehead atoms. The van der Waals surface area contributed by atoms with Crippen LogP contribution in [0.3, 0.4) is 0 Å². The van der Waals surface area contributed by atoms with E-state index in [2.05, 4.69) is 46.8 Å². The van der Waals surface area contributed by atoms with Gasteiger partial charge in [-0.2, -0.15) is 0 Å². The zero-order valence-electron chi connectivity index (χ0n) is 23.2. The number of rotatable bonds is 13. The SMILES string of the molecule is CC(=O)Oc1ccc2c(OCC=C(C)CCC=C(C)C)c(OCC=C(C)CCC=C(C)C)c(=O)oc2c1. The molecule has 2 aromatic rings. The molecular formula is C31H40O6. The van der Waals surface area contributed by atoms with Crippen molar-refractivity contribution in [3.05, 3.63) is 75.2 Å². The monoisotopic (exact) mass is 508 g/mol. The highest BCUT2D eigenvalue weighted by molar-refractivity contribution is 5.87. The van der Waals surface area contributed by atoms with E-state index < -0.39 is 11.6 Å². The highest BCUT2D eigenvalue weighted by atomic mass is 16.5. The number of hydrogen-bond donors (Lipinski definition) is 0. The second-order valence-electron chi connectivity index (χ2n) is 9.66. The van der Waals surface area contributed by atoms with Crippen molar-refractivity contribution < 1.29 is 23.4 Å². The molecule has 37 heavy (non-hydrogen) atoms. The fourth-order valence-corrected chi connectivity index (χ4v) is 3.55. The zero-order chi connectivity index (χ0) is 27.4. The molecule has 0 unspecified atom stereocenters. The van der Waals surface area contributed by atoms with Gasteiger partial charge >= 0.3 is 11.6 Å². The molecule has 0 fully saturated rings. The van der Waals surface area contributed by atoms with E-state index in [1.54, 1.807) is 12.1 Å². The minimum Gasteiger partial charge on any atom is -0.485 e. The lowest BCUT2D eigenvalue weighted by Crippen LogP contribution is -2.11. The first-order valence-electron chi connectivity index (χ1n) is 12.7. The molecule has 0 N–H and O–H groups in total. The quantitative estimate of drug-likeness (QED) is 0.119. The summed E-state index contributed by atoms with van der Waals surface area (Å²) in [5, 5.41) is 0.561. The summed E-state index contributed by atoms with van der Waals surface area (Å²) < 4.78 is 22.6. The van der Waals surface area contributed by atoms with Crippen molar-refractivity contribution in [2.24, 2.45) is 0 Å². The Morgan fingerprint density at radius 2 is 1.32 bits per heavy atom. The molecule has 1 aromatic carbocycles. The van der Waals surface area contributed by atoms with Gasteiger partial charge in [0.1, 0.15) is 24.5 Å². The molecule has 1 heterocycles. The maximum absolute atomic E-state index is 12.9. The lowest BCUT2D eigenvalue weighted by Gasteiger charge is -2.13. The van der Waals surface area contributed by atoms with Crippen LogP contribution >= 0.6 is 0 Å². The van der Waals surface area contributed by atoms with E-state index in [0.29, 0.717) is 11.1 Å². The third-order valence-corrected chi connectivity index (χ3v) is 5.56. The van der Waals surface area contributed by atoms with Crippen molar-refractivity contribution in [2.45, 2.75) is 74.1 Å². The average Bonchev–Trinajstić information content (AvgIpc) is 2.79. The number of benzene rings is 1. The summed E-state index contributed by atoms with van der Waals surface area (Å²) in [5.74, 6) is 0.160. The Hall–Kier alpha value is -3.54. The maximum atomic E-state index is 12.9. The van der Waals surface area contributed by atoms with E-state index in [9.17, 15) is 9.59 Å². The number of esters is 1. The van der Waals surface area contributed by atoms with Crippen molar-refractivity contribution in [3.63, 3.8) is 0 Å². The molecule has 200 valence electrons. The highest BCUT2D eigenvalue weighted by Crippen LogP contribution is 2.35. The van der Waals surface area contributed by atoms with E-state index in [0.717, 1.165) is 25.7 Å². The van der Waals surface area contributed by atoms with Crippen LogP contribution in [-0.4, -0.2) is 19.2 Å². The smallest absolute Gasteiger partial charge is 0.383 e. The molecule has 6 nitrogen and oxygen atoms in total. The van der Waals surface area contributed by atoms with E-state index in [-0.39, 0.29) is 30.3 Å². The van der Waals surface area contributed by atoms with Crippen molar-refractivity contribution in [2.75, 3.05) is 13.2 Å². The third-order valence-electron chi connectivity index (χ3n) is 5.56. The molecule has 0 radical (unpaired) electrons. The standard InChI is InChI=1S/C31H40O6/c1-21(2)10-8-12-23(5)16-18-34-29-27-15-14-26(36-25(7)32)20-28(27)37-31(33)30(29)35-19-17-24(6)13-9-11-22(3)4/h10-11,14-17,20H,8-9,12-13,18-19H2,1-7H3. The Kier molecular flexibility index (Phi) is 11.9. The Balaban J connectivity index is 2.30. The Morgan fingerprint density at radius 3 is 1.84 bits per heavy atom. The van der Waals surface area contributed by atoms with Gasteiger partial charge in [-0.1, -0.05) is 34.4 Å². The molecule has 0 aliphatic carbocycles. The summed E-state index contributed by atoms with van der Waals surface area (Å²) in [6.45, 7) is 14.2. The first-order chi connectivity index (χ1) is 17.6. The zero-order valence-corrected chi connectivity index (χ0v) is 23.2. The van der Waals surface area contributed by atoms with E-state index in [1.807, 2.05) is 19.1 Å².